The Morgan fingerprint density at radius 1 is 1.45 bits per heavy atom. The SMILES string of the molecule is COCC(C)Oc1ccc(N2CCCC(N)C2)c(C)c1. The van der Waals surface area contributed by atoms with Crippen LogP contribution in [-0.2, 0) is 4.74 Å². The molecule has 1 heterocycles. The second-order valence-corrected chi connectivity index (χ2v) is 5.68. The van der Waals surface area contributed by atoms with Crippen LogP contribution < -0.4 is 15.4 Å². The molecule has 1 saturated heterocycles. The number of ether oxygens (including phenoxy) is 2. The van der Waals surface area contributed by atoms with Crippen molar-refractivity contribution in [3.8, 4) is 5.75 Å². The maximum atomic E-state index is 6.06. The molecule has 2 unspecified atom stereocenters. The molecule has 1 aliphatic heterocycles. The zero-order valence-corrected chi connectivity index (χ0v) is 12.8. The maximum absolute atomic E-state index is 6.06. The first kappa shape index (κ1) is 15.1. The van der Waals surface area contributed by atoms with Crippen molar-refractivity contribution in [2.75, 3.05) is 31.7 Å². The summed E-state index contributed by atoms with van der Waals surface area (Å²) < 4.78 is 10.9. The molecule has 2 atom stereocenters. The molecule has 0 aromatic heterocycles. The highest BCUT2D eigenvalue weighted by atomic mass is 16.5. The molecule has 2 rings (SSSR count). The van der Waals surface area contributed by atoms with Crippen molar-refractivity contribution in [1.82, 2.24) is 0 Å². The second-order valence-electron chi connectivity index (χ2n) is 5.68. The second kappa shape index (κ2) is 6.95. The van der Waals surface area contributed by atoms with Gasteiger partial charge in [0.25, 0.3) is 0 Å². The van der Waals surface area contributed by atoms with Gasteiger partial charge in [0, 0.05) is 31.9 Å². The van der Waals surface area contributed by atoms with Gasteiger partial charge in [-0.2, -0.15) is 0 Å². The number of nitrogens with zero attached hydrogens (tertiary/aromatic N) is 1. The van der Waals surface area contributed by atoms with Crippen LogP contribution in [-0.4, -0.2) is 39.0 Å². The minimum Gasteiger partial charge on any atom is -0.488 e. The van der Waals surface area contributed by atoms with E-state index in [1.165, 1.54) is 17.7 Å². The van der Waals surface area contributed by atoms with Gasteiger partial charge in [0.15, 0.2) is 0 Å². The van der Waals surface area contributed by atoms with E-state index >= 15 is 0 Å². The number of anilines is 1. The normalized spacial score (nSPS) is 20.8. The van der Waals surface area contributed by atoms with Crippen LogP contribution in [0.2, 0.25) is 0 Å². The van der Waals surface area contributed by atoms with E-state index < -0.39 is 0 Å². The van der Waals surface area contributed by atoms with Crippen LogP contribution in [0.15, 0.2) is 18.2 Å². The minimum absolute atomic E-state index is 0.0636. The van der Waals surface area contributed by atoms with E-state index in [2.05, 4.69) is 24.0 Å². The van der Waals surface area contributed by atoms with Crippen LogP contribution in [0, 0.1) is 6.92 Å². The molecule has 1 fully saturated rings. The number of piperidine rings is 1. The third kappa shape index (κ3) is 3.87. The molecule has 20 heavy (non-hydrogen) atoms. The fourth-order valence-electron chi connectivity index (χ4n) is 2.79. The van der Waals surface area contributed by atoms with E-state index in [0.29, 0.717) is 12.6 Å². The topological polar surface area (TPSA) is 47.7 Å². The van der Waals surface area contributed by atoms with Crippen molar-refractivity contribution in [3.05, 3.63) is 23.8 Å². The third-order valence-corrected chi connectivity index (χ3v) is 3.71. The number of aryl methyl sites for hydroxylation is 1. The van der Waals surface area contributed by atoms with E-state index in [9.17, 15) is 0 Å². The number of benzene rings is 1. The molecule has 1 aromatic rings. The first-order chi connectivity index (χ1) is 9.60. The minimum atomic E-state index is 0.0636. The summed E-state index contributed by atoms with van der Waals surface area (Å²) in [6.07, 6.45) is 2.36. The summed E-state index contributed by atoms with van der Waals surface area (Å²) in [7, 11) is 1.69. The lowest BCUT2D eigenvalue weighted by molar-refractivity contribution is 0.0920. The number of hydrogen-bond donors (Lipinski definition) is 1. The summed E-state index contributed by atoms with van der Waals surface area (Å²) in [5.74, 6) is 0.900. The average molecular weight is 278 g/mol. The van der Waals surface area contributed by atoms with Gasteiger partial charge in [-0.05, 0) is 50.5 Å². The van der Waals surface area contributed by atoms with Crippen LogP contribution >= 0.6 is 0 Å². The van der Waals surface area contributed by atoms with Crippen molar-refractivity contribution >= 4 is 5.69 Å². The molecule has 0 aliphatic carbocycles. The van der Waals surface area contributed by atoms with Gasteiger partial charge in [0.2, 0.25) is 0 Å². The number of hydrogen-bond acceptors (Lipinski definition) is 4. The zero-order chi connectivity index (χ0) is 14.5. The summed E-state index contributed by atoms with van der Waals surface area (Å²) in [4.78, 5) is 2.38. The summed E-state index contributed by atoms with van der Waals surface area (Å²) in [6.45, 7) is 6.78. The molecular formula is C16H26N2O2. The summed E-state index contributed by atoms with van der Waals surface area (Å²) in [5.41, 5.74) is 8.57. The molecule has 1 aromatic carbocycles. The van der Waals surface area contributed by atoms with Crippen molar-refractivity contribution in [1.29, 1.82) is 0 Å². The third-order valence-electron chi connectivity index (χ3n) is 3.71. The Labute approximate surface area is 121 Å². The van der Waals surface area contributed by atoms with Gasteiger partial charge in [0.1, 0.15) is 11.9 Å². The van der Waals surface area contributed by atoms with Crippen molar-refractivity contribution in [2.45, 2.75) is 38.8 Å². The Bertz CT molecular complexity index is 436. The summed E-state index contributed by atoms with van der Waals surface area (Å²) in [6, 6.07) is 6.57. The number of nitrogens with two attached hydrogens (primary N) is 1. The van der Waals surface area contributed by atoms with Crippen LogP contribution in [0.5, 0.6) is 5.75 Å². The Balaban J connectivity index is 2.05. The number of methoxy groups -OCH3 is 1. The van der Waals surface area contributed by atoms with Gasteiger partial charge in [-0.15, -0.1) is 0 Å². The molecule has 0 spiro atoms. The number of rotatable bonds is 5. The maximum Gasteiger partial charge on any atom is 0.120 e. The van der Waals surface area contributed by atoms with Crippen molar-refractivity contribution < 1.29 is 9.47 Å². The van der Waals surface area contributed by atoms with E-state index in [0.717, 1.165) is 25.3 Å². The first-order valence-electron chi connectivity index (χ1n) is 7.37. The van der Waals surface area contributed by atoms with Crippen molar-refractivity contribution in [2.24, 2.45) is 5.73 Å². The fourth-order valence-corrected chi connectivity index (χ4v) is 2.79. The van der Waals surface area contributed by atoms with Gasteiger partial charge in [-0.3, -0.25) is 0 Å². The Kier molecular flexibility index (Phi) is 5.26. The van der Waals surface area contributed by atoms with Gasteiger partial charge >= 0.3 is 0 Å². The van der Waals surface area contributed by atoms with Crippen LogP contribution in [0.3, 0.4) is 0 Å². The molecule has 4 heteroatoms. The predicted octanol–water partition coefficient (Wildman–Crippen LogP) is 2.34. The monoisotopic (exact) mass is 278 g/mol. The van der Waals surface area contributed by atoms with Crippen LogP contribution in [0.25, 0.3) is 0 Å². The molecule has 1 aliphatic rings. The molecule has 2 N–H and O–H groups in total. The van der Waals surface area contributed by atoms with Gasteiger partial charge in [-0.25, -0.2) is 0 Å². The van der Waals surface area contributed by atoms with E-state index in [1.807, 2.05) is 13.0 Å². The lowest BCUT2D eigenvalue weighted by Crippen LogP contribution is -2.43. The Morgan fingerprint density at radius 3 is 2.90 bits per heavy atom. The standard InChI is InChI=1S/C16H26N2O2/c1-12-9-15(20-13(2)11-19-3)6-7-16(12)18-8-4-5-14(17)10-18/h6-7,9,13-14H,4-5,8,10-11,17H2,1-3H3. The largest absolute Gasteiger partial charge is 0.488 e. The van der Waals surface area contributed by atoms with E-state index in [-0.39, 0.29) is 6.10 Å². The molecule has 112 valence electrons. The molecule has 0 radical (unpaired) electrons. The Morgan fingerprint density at radius 2 is 2.25 bits per heavy atom. The molecule has 0 bridgehead atoms. The van der Waals surface area contributed by atoms with Crippen LogP contribution in [0.4, 0.5) is 5.69 Å². The predicted molar refractivity (Wildman–Crippen MR) is 82.6 cm³/mol. The van der Waals surface area contributed by atoms with Gasteiger partial charge in [0.05, 0.1) is 6.61 Å². The van der Waals surface area contributed by atoms with E-state index in [4.69, 9.17) is 15.2 Å². The van der Waals surface area contributed by atoms with Crippen LogP contribution in [0.1, 0.15) is 25.3 Å². The highest BCUT2D eigenvalue weighted by Crippen LogP contribution is 2.27. The van der Waals surface area contributed by atoms with Crippen molar-refractivity contribution in [3.63, 3.8) is 0 Å². The van der Waals surface area contributed by atoms with E-state index in [1.54, 1.807) is 7.11 Å². The molecule has 0 amide bonds. The average Bonchev–Trinajstić information content (AvgIpc) is 2.39. The lowest BCUT2D eigenvalue weighted by Gasteiger charge is -2.33. The zero-order valence-electron chi connectivity index (χ0n) is 12.8. The smallest absolute Gasteiger partial charge is 0.120 e. The highest BCUT2D eigenvalue weighted by Gasteiger charge is 2.18. The lowest BCUT2D eigenvalue weighted by atomic mass is 10.0. The summed E-state index contributed by atoms with van der Waals surface area (Å²) in [5, 5.41) is 0. The fraction of sp³-hybridized carbons (Fsp3) is 0.625. The molecule has 0 saturated carbocycles. The summed E-state index contributed by atoms with van der Waals surface area (Å²) >= 11 is 0. The highest BCUT2D eigenvalue weighted by molar-refractivity contribution is 5.56. The first-order valence-corrected chi connectivity index (χ1v) is 7.37. The molecule has 4 nitrogen and oxygen atoms in total. The quantitative estimate of drug-likeness (QED) is 0.898. The molecular weight excluding hydrogens is 252 g/mol. The van der Waals surface area contributed by atoms with Gasteiger partial charge < -0.3 is 20.1 Å². The Hall–Kier alpha value is -1.26. The van der Waals surface area contributed by atoms with Gasteiger partial charge in [-0.1, -0.05) is 0 Å².